The van der Waals surface area contributed by atoms with Crippen LogP contribution in [-0.4, -0.2) is 33.4 Å². The standard InChI is InChI=1S/C23H24N4O3/c1-2-16-8-10-17(11-9-16)14-27-15-19(12-21(27)28)22-25-20(30-26-22)13-24-23(29)18-6-4-3-5-7-18/h3-11,19H,2,12-15H2,1H3,(H,24,29). The number of nitrogens with one attached hydrogen (secondary N) is 1. The third kappa shape index (κ3) is 4.56. The second-order valence-corrected chi connectivity index (χ2v) is 7.44. The zero-order valence-corrected chi connectivity index (χ0v) is 16.9. The predicted molar refractivity (Wildman–Crippen MR) is 111 cm³/mol. The van der Waals surface area contributed by atoms with Crippen molar-refractivity contribution in [3.05, 3.63) is 83.0 Å². The highest BCUT2D eigenvalue weighted by Gasteiger charge is 2.33. The van der Waals surface area contributed by atoms with E-state index >= 15 is 0 Å². The highest BCUT2D eigenvalue weighted by atomic mass is 16.5. The lowest BCUT2D eigenvalue weighted by molar-refractivity contribution is -0.128. The van der Waals surface area contributed by atoms with Gasteiger partial charge in [0.15, 0.2) is 5.82 Å². The molecule has 0 bridgehead atoms. The number of carbonyl (C=O) groups excluding carboxylic acids is 2. The van der Waals surface area contributed by atoms with Crippen molar-refractivity contribution in [1.29, 1.82) is 0 Å². The second-order valence-electron chi connectivity index (χ2n) is 7.44. The Labute approximate surface area is 175 Å². The minimum absolute atomic E-state index is 0.0864. The zero-order chi connectivity index (χ0) is 20.9. The topological polar surface area (TPSA) is 88.3 Å². The van der Waals surface area contributed by atoms with Gasteiger partial charge in [-0.05, 0) is 29.7 Å². The monoisotopic (exact) mass is 404 g/mol. The predicted octanol–water partition coefficient (Wildman–Crippen LogP) is 3.08. The van der Waals surface area contributed by atoms with Crippen molar-refractivity contribution in [3.8, 4) is 0 Å². The molecular weight excluding hydrogens is 380 g/mol. The summed E-state index contributed by atoms with van der Waals surface area (Å²) in [6.07, 6.45) is 1.36. The number of rotatable bonds is 7. The Morgan fingerprint density at radius 1 is 1.13 bits per heavy atom. The molecule has 7 heteroatoms. The molecule has 1 saturated heterocycles. The summed E-state index contributed by atoms with van der Waals surface area (Å²) < 4.78 is 5.27. The highest BCUT2D eigenvalue weighted by Crippen LogP contribution is 2.27. The van der Waals surface area contributed by atoms with Crippen LogP contribution < -0.4 is 5.32 Å². The fourth-order valence-electron chi connectivity index (χ4n) is 3.55. The molecule has 2 heterocycles. The van der Waals surface area contributed by atoms with Crippen LogP contribution in [0.3, 0.4) is 0 Å². The van der Waals surface area contributed by atoms with E-state index in [0.29, 0.717) is 36.8 Å². The summed E-state index contributed by atoms with van der Waals surface area (Å²) in [6, 6.07) is 17.3. The van der Waals surface area contributed by atoms with E-state index in [-0.39, 0.29) is 24.3 Å². The molecular formula is C23H24N4O3. The van der Waals surface area contributed by atoms with Crippen LogP contribution >= 0.6 is 0 Å². The van der Waals surface area contributed by atoms with Gasteiger partial charge in [-0.3, -0.25) is 9.59 Å². The van der Waals surface area contributed by atoms with Crippen LogP contribution in [0.15, 0.2) is 59.1 Å². The molecule has 30 heavy (non-hydrogen) atoms. The maximum absolute atomic E-state index is 12.4. The van der Waals surface area contributed by atoms with Crippen LogP contribution in [0, 0.1) is 0 Å². The Morgan fingerprint density at radius 3 is 2.60 bits per heavy atom. The third-order valence-electron chi connectivity index (χ3n) is 5.30. The van der Waals surface area contributed by atoms with Crippen molar-refractivity contribution in [2.75, 3.05) is 6.54 Å². The average Bonchev–Trinajstić information content (AvgIpc) is 3.40. The van der Waals surface area contributed by atoms with Crippen LogP contribution in [0.5, 0.6) is 0 Å². The fourth-order valence-corrected chi connectivity index (χ4v) is 3.55. The van der Waals surface area contributed by atoms with E-state index in [4.69, 9.17) is 4.52 Å². The molecule has 1 atom stereocenters. The molecule has 0 aliphatic carbocycles. The van der Waals surface area contributed by atoms with Gasteiger partial charge in [-0.25, -0.2) is 0 Å². The molecule has 154 valence electrons. The molecule has 0 spiro atoms. The molecule has 3 aromatic rings. The summed E-state index contributed by atoms with van der Waals surface area (Å²) >= 11 is 0. The van der Waals surface area contributed by atoms with Crippen molar-refractivity contribution >= 4 is 11.8 Å². The molecule has 7 nitrogen and oxygen atoms in total. The Hall–Kier alpha value is -3.48. The van der Waals surface area contributed by atoms with Crippen LogP contribution in [-0.2, 0) is 24.3 Å². The molecule has 1 aliphatic heterocycles. The van der Waals surface area contributed by atoms with Gasteiger partial charge in [0.25, 0.3) is 5.91 Å². The number of amides is 2. The maximum Gasteiger partial charge on any atom is 0.251 e. The van der Waals surface area contributed by atoms with Gasteiger partial charge in [0.05, 0.1) is 6.54 Å². The summed E-state index contributed by atoms with van der Waals surface area (Å²) in [5.74, 6) is 0.621. The van der Waals surface area contributed by atoms with Gasteiger partial charge in [-0.2, -0.15) is 4.98 Å². The van der Waals surface area contributed by atoms with E-state index in [9.17, 15) is 9.59 Å². The molecule has 2 amide bonds. The summed E-state index contributed by atoms with van der Waals surface area (Å²) in [4.78, 5) is 30.8. The van der Waals surface area contributed by atoms with E-state index in [1.807, 2.05) is 11.0 Å². The summed E-state index contributed by atoms with van der Waals surface area (Å²) in [6.45, 7) is 3.41. The molecule has 1 aliphatic rings. The van der Waals surface area contributed by atoms with E-state index in [0.717, 1.165) is 12.0 Å². The van der Waals surface area contributed by atoms with E-state index in [1.165, 1.54) is 5.56 Å². The van der Waals surface area contributed by atoms with Crippen molar-refractivity contribution in [1.82, 2.24) is 20.4 Å². The van der Waals surface area contributed by atoms with Crippen molar-refractivity contribution in [3.63, 3.8) is 0 Å². The summed E-state index contributed by atoms with van der Waals surface area (Å²) in [7, 11) is 0. The molecule has 1 unspecified atom stereocenters. The van der Waals surface area contributed by atoms with Crippen LogP contribution in [0.4, 0.5) is 0 Å². The normalized spacial score (nSPS) is 16.1. The van der Waals surface area contributed by atoms with Crippen LogP contribution in [0.25, 0.3) is 0 Å². The highest BCUT2D eigenvalue weighted by molar-refractivity contribution is 5.93. The van der Waals surface area contributed by atoms with Crippen LogP contribution in [0.2, 0.25) is 0 Å². The van der Waals surface area contributed by atoms with Crippen LogP contribution in [0.1, 0.15) is 52.5 Å². The molecule has 1 N–H and O–H groups in total. The van der Waals surface area contributed by atoms with Crippen molar-refractivity contribution in [2.45, 2.75) is 38.8 Å². The van der Waals surface area contributed by atoms with Crippen molar-refractivity contribution in [2.24, 2.45) is 0 Å². The van der Waals surface area contributed by atoms with Gasteiger partial charge in [0, 0.05) is 31.0 Å². The molecule has 4 rings (SSSR count). The lowest BCUT2D eigenvalue weighted by Crippen LogP contribution is -2.24. The Balaban J connectivity index is 1.33. The zero-order valence-electron chi connectivity index (χ0n) is 16.9. The molecule has 0 saturated carbocycles. The van der Waals surface area contributed by atoms with Crippen molar-refractivity contribution < 1.29 is 14.1 Å². The first-order valence-corrected chi connectivity index (χ1v) is 10.1. The number of benzene rings is 2. The number of aryl methyl sites for hydroxylation is 1. The van der Waals surface area contributed by atoms with Gasteiger partial charge >= 0.3 is 0 Å². The summed E-state index contributed by atoms with van der Waals surface area (Å²) in [5, 5.41) is 6.80. The first-order chi connectivity index (χ1) is 14.6. The van der Waals surface area contributed by atoms with Gasteiger partial charge in [0.2, 0.25) is 11.8 Å². The lowest BCUT2D eigenvalue weighted by atomic mass is 10.1. The summed E-state index contributed by atoms with van der Waals surface area (Å²) in [5.41, 5.74) is 2.96. The quantitative estimate of drug-likeness (QED) is 0.654. The number of nitrogens with zero attached hydrogens (tertiary/aromatic N) is 3. The van der Waals surface area contributed by atoms with Gasteiger partial charge in [0.1, 0.15) is 0 Å². The Bertz CT molecular complexity index is 1010. The lowest BCUT2D eigenvalue weighted by Gasteiger charge is -2.16. The molecule has 1 aromatic heterocycles. The fraction of sp³-hybridized carbons (Fsp3) is 0.304. The Kier molecular flexibility index (Phi) is 5.88. The minimum Gasteiger partial charge on any atom is -0.343 e. The van der Waals surface area contributed by atoms with Gasteiger partial charge < -0.3 is 14.7 Å². The first-order valence-electron chi connectivity index (χ1n) is 10.1. The first kappa shape index (κ1) is 19.8. The third-order valence-corrected chi connectivity index (χ3v) is 5.30. The maximum atomic E-state index is 12.4. The SMILES string of the molecule is CCc1ccc(CN2CC(c3noc(CNC(=O)c4ccccc4)n3)CC2=O)cc1. The van der Waals surface area contributed by atoms with E-state index < -0.39 is 0 Å². The van der Waals surface area contributed by atoms with Gasteiger partial charge in [-0.1, -0.05) is 54.5 Å². The number of hydrogen-bond donors (Lipinski definition) is 1. The molecule has 1 fully saturated rings. The molecule has 0 radical (unpaired) electrons. The number of aromatic nitrogens is 2. The number of likely N-dealkylation sites (tertiary alicyclic amines) is 1. The molecule has 2 aromatic carbocycles. The number of carbonyl (C=O) groups is 2. The van der Waals surface area contributed by atoms with Gasteiger partial charge in [-0.15, -0.1) is 0 Å². The number of hydrogen-bond acceptors (Lipinski definition) is 5. The second kappa shape index (κ2) is 8.90. The largest absolute Gasteiger partial charge is 0.343 e. The van der Waals surface area contributed by atoms with E-state index in [1.54, 1.807) is 24.3 Å². The van der Waals surface area contributed by atoms with E-state index in [2.05, 4.69) is 46.6 Å². The smallest absolute Gasteiger partial charge is 0.251 e. The Morgan fingerprint density at radius 2 is 1.87 bits per heavy atom. The average molecular weight is 404 g/mol. The minimum atomic E-state index is -0.202.